The predicted molar refractivity (Wildman–Crippen MR) is 120 cm³/mol. The van der Waals surface area contributed by atoms with E-state index in [2.05, 4.69) is 21.1 Å². The van der Waals surface area contributed by atoms with Crippen molar-refractivity contribution in [3.05, 3.63) is 53.6 Å². The molecule has 4 rings (SSSR count). The topological polar surface area (TPSA) is 96.9 Å². The number of fused-ring (bicyclic) bond motifs is 1. The van der Waals surface area contributed by atoms with Gasteiger partial charge in [0.2, 0.25) is 0 Å². The fourth-order valence-electron chi connectivity index (χ4n) is 3.90. The van der Waals surface area contributed by atoms with Gasteiger partial charge in [-0.05, 0) is 73.6 Å². The number of ether oxygens (including phenoxy) is 1. The number of benzene rings is 2. The minimum atomic E-state index is -3.76. The van der Waals surface area contributed by atoms with Gasteiger partial charge in [-0.15, -0.1) is 0 Å². The average Bonchev–Trinajstić information content (AvgIpc) is 3.08. The third-order valence-corrected chi connectivity index (χ3v) is 6.87. The third kappa shape index (κ3) is 5.64. The van der Waals surface area contributed by atoms with Crippen LogP contribution in [-0.2, 0) is 27.7 Å². The number of amides is 1. The van der Waals surface area contributed by atoms with E-state index in [4.69, 9.17) is 4.74 Å². The third-order valence-electron chi connectivity index (χ3n) is 5.49. The van der Waals surface area contributed by atoms with Crippen LogP contribution in [0.3, 0.4) is 0 Å². The number of aryl methyl sites for hydroxylation is 2. The number of sulfonamides is 1. The fraction of sp³-hybridized carbons (Fsp3) is 0.391. The number of nitrogens with one attached hydrogen (secondary N) is 2. The Kier molecular flexibility index (Phi) is 6.56. The van der Waals surface area contributed by atoms with Crippen LogP contribution in [0, 0.1) is 0 Å². The minimum absolute atomic E-state index is 0.0804. The van der Waals surface area contributed by atoms with Crippen LogP contribution in [-0.4, -0.2) is 33.3 Å². The first-order valence-corrected chi connectivity index (χ1v) is 12.2. The molecule has 2 aromatic carbocycles. The van der Waals surface area contributed by atoms with Gasteiger partial charge in [-0.2, -0.15) is 0 Å². The number of hydrogen-bond donors (Lipinski definition) is 2. The second kappa shape index (κ2) is 9.51. The molecule has 1 aliphatic carbocycles. The van der Waals surface area contributed by atoms with Crippen LogP contribution in [0.4, 0.5) is 5.69 Å². The SMILES string of the molecule is O=C(COc1ccc2c(c1)CCC2)Nc1cccc(S(=O)(=O)NC2=NCCCCC2)c1. The first-order valence-electron chi connectivity index (χ1n) is 10.7. The van der Waals surface area contributed by atoms with Gasteiger partial charge >= 0.3 is 0 Å². The number of aliphatic imine (C=N–C) groups is 1. The fourth-order valence-corrected chi connectivity index (χ4v) is 5.03. The molecule has 1 heterocycles. The summed E-state index contributed by atoms with van der Waals surface area (Å²) in [7, 11) is -3.76. The van der Waals surface area contributed by atoms with E-state index in [1.54, 1.807) is 12.1 Å². The monoisotopic (exact) mass is 441 g/mol. The predicted octanol–water partition coefficient (Wildman–Crippen LogP) is 3.44. The molecule has 0 bridgehead atoms. The Bertz CT molecular complexity index is 1100. The molecular formula is C23H27N3O4S. The molecule has 8 heteroatoms. The normalized spacial score (nSPS) is 16.1. The van der Waals surface area contributed by atoms with Gasteiger partial charge in [0, 0.05) is 18.7 Å². The van der Waals surface area contributed by atoms with Gasteiger partial charge in [0.15, 0.2) is 6.61 Å². The lowest BCUT2D eigenvalue weighted by atomic mass is 10.1. The molecule has 0 saturated heterocycles. The van der Waals surface area contributed by atoms with E-state index < -0.39 is 10.0 Å². The van der Waals surface area contributed by atoms with Crippen LogP contribution < -0.4 is 14.8 Å². The first kappa shape index (κ1) is 21.4. The van der Waals surface area contributed by atoms with Gasteiger partial charge in [0.05, 0.1) is 4.90 Å². The van der Waals surface area contributed by atoms with Gasteiger partial charge in [-0.25, -0.2) is 8.42 Å². The Morgan fingerprint density at radius 2 is 1.84 bits per heavy atom. The molecule has 2 N–H and O–H groups in total. The standard InChI is InChI=1S/C23H27N3O4S/c27-23(16-30-20-12-11-17-6-4-7-18(17)14-20)25-19-8-5-9-21(15-19)31(28,29)26-22-10-2-1-3-13-24-22/h5,8-9,11-12,14-15H,1-4,6-7,10,13,16H2,(H,24,26)(H,25,27). The Morgan fingerprint density at radius 3 is 2.74 bits per heavy atom. The number of carbonyl (C=O) groups is 1. The number of hydrogen-bond acceptors (Lipinski definition) is 5. The van der Waals surface area contributed by atoms with Gasteiger partial charge in [-0.1, -0.05) is 18.6 Å². The molecule has 0 unspecified atom stereocenters. The van der Waals surface area contributed by atoms with Crippen molar-refractivity contribution < 1.29 is 17.9 Å². The Hall–Kier alpha value is -2.87. The van der Waals surface area contributed by atoms with E-state index in [0.29, 0.717) is 30.2 Å². The smallest absolute Gasteiger partial charge is 0.262 e. The first-order chi connectivity index (χ1) is 15.0. The zero-order valence-corrected chi connectivity index (χ0v) is 18.2. The molecule has 2 aromatic rings. The molecule has 2 aliphatic rings. The molecular weight excluding hydrogens is 414 g/mol. The zero-order chi connectivity index (χ0) is 21.7. The van der Waals surface area contributed by atoms with Crippen molar-refractivity contribution in [2.24, 2.45) is 4.99 Å². The summed E-state index contributed by atoms with van der Waals surface area (Å²) >= 11 is 0. The van der Waals surface area contributed by atoms with Crippen molar-refractivity contribution in [1.82, 2.24) is 4.72 Å². The van der Waals surface area contributed by atoms with E-state index in [-0.39, 0.29) is 17.4 Å². The number of carbonyl (C=O) groups excluding carboxylic acids is 1. The molecule has 164 valence electrons. The maximum Gasteiger partial charge on any atom is 0.262 e. The van der Waals surface area contributed by atoms with Gasteiger partial charge in [-0.3, -0.25) is 14.5 Å². The summed E-state index contributed by atoms with van der Waals surface area (Å²) in [5, 5.41) is 2.70. The summed E-state index contributed by atoms with van der Waals surface area (Å²) in [6, 6.07) is 12.1. The highest BCUT2D eigenvalue weighted by Crippen LogP contribution is 2.26. The zero-order valence-electron chi connectivity index (χ0n) is 17.4. The molecule has 7 nitrogen and oxygen atoms in total. The summed E-state index contributed by atoms with van der Waals surface area (Å²) in [6.45, 7) is 0.489. The van der Waals surface area contributed by atoms with E-state index in [0.717, 1.165) is 38.5 Å². The van der Waals surface area contributed by atoms with Crippen molar-refractivity contribution in [3.63, 3.8) is 0 Å². The van der Waals surface area contributed by atoms with E-state index in [1.165, 1.54) is 23.3 Å². The van der Waals surface area contributed by atoms with Crippen LogP contribution in [0.15, 0.2) is 52.4 Å². The van der Waals surface area contributed by atoms with Gasteiger partial charge in [0.25, 0.3) is 15.9 Å². The Morgan fingerprint density at radius 1 is 0.968 bits per heavy atom. The minimum Gasteiger partial charge on any atom is -0.484 e. The summed E-state index contributed by atoms with van der Waals surface area (Å²) in [5.74, 6) is 0.811. The van der Waals surface area contributed by atoms with Crippen LogP contribution >= 0.6 is 0 Å². The lowest BCUT2D eigenvalue weighted by Gasteiger charge is -2.12. The Balaban J connectivity index is 1.36. The summed E-state index contributed by atoms with van der Waals surface area (Å²) < 4.78 is 33.7. The number of rotatable bonds is 6. The number of amidine groups is 1. The molecule has 1 amide bonds. The maximum atomic E-state index is 12.7. The van der Waals surface area contributed by atoms with E-state index in [9.17, 15) is 13.2 Å². The molecule has 0 saturated carbocycles. The van der Waals surface area contributed by atoms with Crippen LogP contribution in [0.2, 0.25) is 0 Å². The second-order valence-corrected chi connectivity index (χ2v) is 9.58. The summed E-state index contributed by atoms with van der Waals surface area (Å²) in [6.07, 6.45) is 6.85. The van der Waals surface area contributed by atoms with Crippen molar-refractivity contribution in [2.75, 3.05) is 18.5 Å². The Labute approximate surface area is 183 Å². The largest absolute Gasteiger partial charge is 0.484 e. The second-order valence-electron chi connectivity index (χ2n) is 7.89. The molecule has 0 fully saturated rings. The number of anilines is 1. The maximum absolute atomic E-state index is 12.7. The van der Waals surface area contributed by atoms with E-state index in [1.807, 2.05) is 12.1 Å². The molecule has 0 spiro atoms. The van der Waals surface area contributed by atoms with Crippen LogP contribution in [0.25, 0.3) is 0 Å². The van der Waals surface area contributed by atoms with Crippen molar-refractivity contribution in [3.8, 4) is 5.75 Å². The van der Waals surface area contributed by atoms with Crippen LogP contribution in [0.1, 0.15) is 43.2 Å². The lowest BCUT2D eigenvalue weighted by Crippen LogP contribution is -2.30. The lowest BCUT2D eigenvalue weighted by molar-refractivity contribution is -0.118. The average molecular weight is 442 g/mol. The molecule has 1 aliphatic heterocycles. The highest BCUT2D eigenvalue weighted by molar-refractivity contribution is 7.90. The molecule has 31 heavy (non-hydrogen) atoms. The van der Waals surface area contributed by atoms with Crippen molar-refractivity contribution >= 4 is 27.5 Å². The van der Waals surface area contributed by atoms with Crippen molar-refractivity contribution in [1.29, 1.82) is 0 Å². The highest BCUT2D eigenvalue weighted by Gasteiger charge is 2.18. The molecule has 0 aromatic heterocycles. The highest BCUT2D eigenvalue weighted by atomic mass is 32.2. The van der Waals surface area contributed by atoms with Gasteiger partial charge < -0.3 is 10.1 Å². The summed E-state index contributed by atoms with van der Waals surface area (Å²) in [5.41, 5.74) is 3.02. The summed E-state index contributed by atoms with van der Waals surface area (Å²) in [4.78, 5) is 16.7. The van der Waals surface area contributed by atoms with Gasteiger partial charge in [0.1, 0.15) is 11.6 Å². The van der Waals surface area contributed by atoms with Crippen LogP contribution in [0.5, 0.6) is 5.75 Å². The van der Waals surface area contributed by atoms with Crippen molar-refractivity contribution in [2.45, 2.75) is 49.8 Å². The quantitative estimate of drug-likeness (QED) is 0.718. The number of nitrogens with zero attached hydrogens (tertiary/aromatic N) is 1. The molecule has 0 atom stereocenters. The molecule has 0 radical (unpaired) electrons. The van der Waals surface area contributed by atoms with E-state index >= 15 is 0 Å².